The molecule has 0 N–H and O–H groups in total. The molecule has 0 amide bonds. The van der Waals surface area contributed by atoms with Crippen LogP contribution in [0.5, 0.6) is 0 Å². The number of hydrogen-bond donors (Lipinski definition) is 0. The molecule has 0 atom stereocenters. The van der Waals surface area contributed by atoms with Gasteiger partial charge in [0, 0.05) is 34.6 Å². The van der Waals surface area contributed by atoms with Gasteiger partial charge in [0.25, 0.3) is 0 Å². The van der Waals surface area contributed by atoms with Crippen LogP contribution in [-0.4, -0.2) is 5.78 Å². The molecule has 0 aliphatic heterocycles. The quantitative estimate of drug-likeness (QED) is 0.553. The topological polar surface area (TPSA) is 17.1 Å². The Hall–Kier alpha value is 0.384. The number of carbonyl (C=O) groups is 1. The zero-order valence-electron chi connectivity index (χ0n) is 5.24. The molecule has 0 aromatic rings. The van der Waals surface area contributed by atoms with E-state index in [0.717, 1.165) is 6.42 Å². The van der Waals surface area contributed by atoms with E-state index in [1.807, 2.05) is 6.92 Å². The van der Waals surface area contributed by atoms with Gasteiger partial charge in [-0.05, 0) is 13.3 Å². The third-order valence-corrected chi connectivity index (χ3v) is 0.808. The van der Waals surface area contributed by atoms with Gasteiger partial charge in [-0.1, -0.05) is 6.92 Å². The van der Waals surface area contributed by atoms with Crippen LogP contribution in [-0.2, 0) is 26.5 Å². The molecule has 2 heteroatoms. The minimum absolute atomic E-state index is 0. The first-order valence-electron chi connectivity index (χ1n) is 2.62. The molecule has 0 aromatic heterocycles. The predicted molar refractivity (Wildman–Crippen MR) is 29.9 cm³/mol. The molecular formula is C6H11OTi. The van der Waals surface area contributed by atoms with E-state index in [1.165, 1.54) is 0 Å². The van der Waals surface area contributed by atoms with Gasteiger partial charge in [0.15, 0.2) is 0 Å². The Balaban J connectivity index is 0. The summed E-state index contributed by atoms with van der Waals surface area (Å²) in [5.41, 5.74) is 0. The van der Waals surface area contributed by atoms with E-state index in [0.29, 0.717) is 12.8 Å². The molecule has 0 unspecified atom stereocenters. The van der Waals surface area contributed by atoms with Crippen LogP contribution in [0.15, 0.2) is 0 Å². The number of rotatable bonds is 3. The van der Waals surface area contributed by atoms with Gasteiger partial charge in [-0.3, -0.25) is 4.79 Å². The summed E-state index contributed by atoms with van der Waals surface area (Å²) in [6.45, 7) is 5.45. The van der Waals surface area contributed by atoms with Gasteiger partial charge in [0.1, 0.15) is 5.78 Å². The SMILES string of the molecule is [CH2]CC(=O)CCC.[Ti]. The molecule has 0 bridgehead atoms. The second-order valence-electron chi connectivity index (χ2n) is 1.54. The summed E-state index contributed by atoms with van der Waals surface area (Å²) in [5.74, 6) is 0.266. The van der Waals surface area contributed by atoms with Crippen molar-refractivity contribution < 1.29 is 26.5 Å². The molecule has 0 aliphatic rings. The summed E-state index contributed by atoms with van der Waals surface area (Å²) in [5, 5.41) is 0. The van der Waals surface area contributed by atoms with Gasteiger partial charge >= 0.3 is 0 Å². The second-order valence-corrected chi connectivity index (χ2v) is 1.54. The molecular weight excluding hydrogens is 136 g/mol. The number of carbonyl (C=O) groups excluding carboxylic acids is 1. The van der Waals surface area contributed by atoms with Gasteiger partial charge in [0.05, 0.1) is 0 Å². The van der Waals surface area contributed by atoms with Crippen molar-refractivity contribution in [3.8, 4) is 0 Å². The molecule has 0 saturated carbocycles. The Morgan fingerprint density at radius 3 is 2.25 bits per heavy atom. The summed E-state index contributed by atoms with van der Waals surface area (Å²) in [7, 11) is 0. The molecule has 45 valence electrons. The van der Waals surface area contributed by atoms with Gasteiger partial charge < -0.3 is 0 Å². The maximum Gasteiger partial charge on any atom is 0.132 e. The Morgan fingerprint density at radius 2 is 2.12 bits per heavy atom. The average molecular weight is 147 g/mol. The van der Waals surface area contributed by atoms with E-state index in [4.69, 9.17) is 0 Å². The molecule has 1 nitrogen and oxygen atoms in total. The van der Waals surface area contributed by atoms with Crippen LogP contribution in [0.2, 0.25) is 0 Å². The first kappa shape index (κ1) is 11.2. The summed E-state index contributed by atoms with van der Waals surface area (Å²) in [6, 6.07) is 0. The van der Waals surface area contributed by atoms with Gasteiger partial charge in [-0.2, -0.15) is 0 Å². The van der Waals surface area contributed by atoms with Crippen LogP contribution in [0.4, 0.5) is 0 Å². The van der Waals surface area contributed by atoms with Crippen molar-refractivity contribution in [2.24, 2.45) is 0 Å². The second kappa shape index (κ2) is 7.38. The van der Waals surface area contributed by atoms with Gasteiger partial charge in [0.2, 0.25) is 0 Å². The van der Waals surface area contributed by atoms with Crippen LogP contribution in [0, 0.1) is 6.92 Å². The van der Waals surface area contributed by atoms with Crippen molar-refractivity contribution in [2.45, 2.75) is 26.2 Å². The normalized spacial score (nSPS) is 7.75. The number of ketones is 1. The van der Waals surface area contributed by atoms with Crippen LogP contribution < -0.4 is 0 Å². The Morgan fingerprint density at radius 1 is 1.62 bits per heavy atom. The molecule has 0 fully saturated rings. The fraction of sp³-hybridized carbons (Fsp3) is 0.667. The summed E-state index contributed by atoms with van der Waals surface area (Å²) in [4.78, 5) is 10.3. The average Bonchev–Trinajstić information content (AvgIpc) is 1.68. The first-order valence-corrected chi connectivity index (χ1v) is 2.62. The van der Waals surface area contributed by atoms with Crippen molar-refractivity contribution in [1.82, 2.24) is 0 Å². The van der Waals surface area contributed by atoms with Crippen molar-refractivity contribution >= 4 is 5.78 Å². The molecule has 8 heavy (non-hydrogen) atoms. The van der Waals surface area contributed by atoms with E-state index >= 15 is 0 Å². The molecule has 0 spiro atoms. The molecule has 0 heterocycles. The van der Waals surface area contributed by atoms with Crippen LogP contribution in [0.3, 0.4) is 0 Å². The van der Waals surface area contributed by atoms with Gasteiger partial charge in [-0.15, -0.1) is 0 Å². The van der Waals surface area contributed by atoms with Crippen LogP contribution in [0.25, 0.3) is 0 Å². The first-order chi connectivity index (χ1) is 3.31. The third-order valence-electron chi connectivity index (χ3n) is 0.808. The van der Waals surface area contributed by atoms with E-state index in [9.17, 15) is 4.79 Å². The molecule has 1 radical (unpaired) electrons. The van der Waals surface area contributed by atoms with E-state index < -0.39 is 0 Å². The number of hydrogen-bond acceptors (Lipinski definition) is 1. The monoisotopic (exact) mass is 147 g/mol. The van der Waals surface area contributed by atoms with Crippen molar-refractivity contribution in [3.05, 3.63) is 6.92 Å². The Kier molecular flexibility index (Phi) is 10.4. The molecule has 0 aliphatic carbocycles. The zero-order chi connectivity index (χ0) is 5.70. The predicted octanol–water partition coefficient (Wildman–Crippen LogP) is 1.58. The molecule has 0 saturated heterocycles. The van der Waals surface area contributed by atoms with Crippen molar-refractivity contribution in [1.29, 1.82) is 0 Å². The van der Waals surface area contributed by atoms with E-state index in [2.05, 4.69) is 6.92 Å². The fourth-order valence-electron chi connectivity index (χ4n) is 0.404. The number of Topliss-reactive ketones (excluding diaryl/α,β-unsaturated/α-hetero) is 1. The maximum absolute atomic E-state index is 10.3. The minimum atomic E-state index is 0. The Labute approximate surface area is 65.7 Å². The van der Waals surface area contributed by atoms with Crippen molar-refractivity contribution in [3.63, 3.8) is 0 Å². The van der Waals surface area contributed by atoms with E-state index in [1.54, 1.807) is 0 Å². The van der Waals surface area contributed by atoms with Crippen LogP contribution >= 0.6 is 0 Å². The molecule has 0 rings (SSSR count). The van der Waals surface area contributed by atoms with Crippen LogP contribution in [0.1, 0.15) is 26.2 Å². The smallest absolute Gasteiger partial charge is 0.132 e. The minimum Gasteiger partial charge on any atom is -0.300 e. The fourth-order valence-corrected chi connectivity index (χ4v) is 0.404. The van der Waals surface area contributed by atoms with Gasteiger partial charge in [-0.25, -0.2) is 0 Å². The zero-order valence-corrected chi connectivity index (χ0v) is 6.80. The van der Waals surface area contributed by atoms with E-state index in [-0.39, 0.29) is 27.5 Å². The molecule has 0 aromatic carbocycles. The standard InChI is InChI=1S/C6H11O.Ti/c1-3-5-6(7)4-2;/h2-5H2,1H3;. The van der Waals surface area contributed by atoms with Crippen molar-refractivity contribution in [2.75, 3.05) is 0 Å². The summed E-state index contributed by atoms with van der Waals surface area (Å²) in [6.07, 6.45) is 2.10. The Bertz CT molecular complexity index is 61.5. The largest absolute Gasteiger partial charge is 0.300 e. The maximum atomic E-state index is 10.3. The summed E-state index contributed by atoms with van der Waals surface area (Å²) >= 11 is 0. The summed E-state index contributed by atoms with van der Waals surface area (Å²) < 4.78 is 0. The third kappa shape index (κ3) is 6.38.